The average molecular weight is 333 g/mol. The third-order valence-corrected chi connectivity index (χ3v) is 4.68. The van der Waals surface area contributed by atoms with Gasteiger partial charge in [-0.15, -0.1) is 0 Å². The van der Waals surface area contributed by atoms with Gasteiger partial charge in [-0.05, 0) is 12.1 Å². The van der Waals surface area contributed by atoms with E-state index in [1.54, 1.807) is 0 Å². The molecular formula is C11H12FN3O4S2. The van der Waals surface area contributed by atoms with E-state index >= 15 is 0 Å². The van der Waals surface area contributed by atoms with Crippen LogP contribution in [0.1, 0.15) is 5.69 Å². The van der Waals surface area contributed by atoms with Crippen molar-refractivity contribution in [1.82, 2.24) is 9.71 Å². The molecule has 7 nitrogen and oxygen atoms in total. The van der Waals surface area contributed by atoms with Crippen LogP contribution in [0.2, 0.25) is 0 Å². The van der Waals surface area contributed by atoms with Crippen LogP contribution in [0, 0.1) is 5.82 Å². The standard InChI is InChI=1S/C11H12FN3O4S2/c1-19-10-8(12)2-7(3-9(10)13)21(17,18)14-4-6-5-20-11(16)15-6/h2-3,5,14H,4,13H2,1H3,(H,15,16). The summed E-state index contributed by atoms with van der Waals surface area (Å²) in [6, 6.07) is 1.91. The van der Waals surface area contributed by atoms with Gasteiger partial charge in [0.25, 0.3) is 0 Å². The molecule has 21 heavy (non-hydrogen) atoms. The van der Waals surface area contributed by atoms with E-state index in [4.69, 9.17) is 10.5 Å². The summed E-state index contributed by atoms with van der Waals surface area (Å²) in [5.74, 6) is -1.09. The molecule has 2 rings (SSSR count). The first-order valence-corrected chi connectivity index (χ1v) is 7.99. The quantitative estimate of drug-likeness (QED) is 0.695. The van der Waals surface area contributed by atoms with Crippen LogP contribution in [0.4, 0.5) is 10.1 Å². The second kappa shape index (κ2) is 5.84. The SMILES string of the molecule is COc1c(N)cc(S(=O)(=O)NCc2csc(=O)[nH]2)cc1F. The molecular weight excluding hydrogens is 321 g/mol. The minimum absolute atomic E-state index is 0.116. The highest BCUT2D eigenvalue weighted by Crippen LogP contribution is 2.28. The molecule has 4 N–H and O–H groups in total. The Morgan fingerprint density at radius 2 is 2.19 bits per heavy atom. The number of aromatic nitrogens is 1. The van der Waals surface area contributed by atoms with E-state index in [2.05, 4.69) is 9.71 Å². The summed E-state index contributed by atoms with van der Waals surface area (Å²) in [6.07, 6.45) is 0. The lowest BCUT2D eigenvalue weighted by Crippen LogP contribution is -2.24. The first kappa shape index (κ1) is 15.5. The predicted octanol–water partition coefficient (Wildman–Crippen LogP) is 0.645. The van der Waals surface area contributed by atoms with Crippen molar-refractivity contribution in [3.63, 3.8) is 0 Å². The summed E-state index contributed by atoms with van der Waals surface area (Å²) in [4.78, 5) is 12.8. The number of hydrogen-bond acceptors (Lipinski definition) is 6. The lowest BCUT2D eigenvalue weighted by Gasteiger charge is -2.10. The molecule has 0 spiro atoms. The van der Waals surface area contributed by atoms with Crippen LogP contribution < -0.4 is 20.1 Å². The highest BCUT2D eigenvalue weighted by molar-refractivity contribution is 7.89. The van der Waals surface area contributed by atoms with Crippen molar-refractivity contribution in [1.29, 1.82) is 0 Å². The Hall–Kier alpha value is -1.91. The number of ether oxygens (including phenoxy) is 1. The van der Waals surface area contributed by atoms with Crippen molar-refractivity contribution in [3.8, 4) is 5.75 Å². The molecule has 114 valence electrons. The Morgan fingerprint density at radius 3 is 2.71 bits per heavy atom. The van der Waals surface area contributed by atoms with E-state index < -0.39 is 15.8 Å². The maximum absolute atomic E-state index is 13.7. The third-order valence-electron chi connectivity index (χ3n) is 2.58. The molecule has 0 saturated heterocycles. The lowest BCUT2D eigenvalue weighted by molar-refractivity contribution is 0.388. The molecule has 0 bridgehead atoms. The number of benzene rings is 1. The zero-order valence-corrected chi connectivity index (χ0v) is 12.5. The van der Waals surface area contributed by atoms with Crippen LogP contribution in [0.25, 0.3) is 0 Å². The van der Waals surface area contributed by atoms with Crippen LogP contribution in [0.3, 0.4) is 0 Å². The van der Waals surface area contributed by atoms with E-state index in [0.717, 1.165) is 23.5 Å². The Bertz CT molecular complexity index is 790. The fraction of sp³-hybridized carbons (Fsp3) is 0.182. The fourth-order valence-corrected chi connectivity index (χ4v) is 3.25. The first-order valence-electron chi connectivity index (χ1n) is 5.63. The van der Waals surface area contributed by atoms with Gasteiger partial charge in [0, 0.05) is 11.1 Å². The number of sulfonamides is 1. The molecule has 0 unspecified atom stereocenters. The minimum atomic E-state index is -3.96. The van der Waals surface area contributed by atoms with Crippen LogP contribution >= 0.6 is 11.3 Å². The van der Waals surface area contributed by atoms with Crippen molar-refractivity contribution in [3.05, 3.63) is 38.7 Å². The zero-order valence-electron chi connectivity index (χ0n) is 10.8. The van der Waals surface area contributed by atoms with Gasteiger partial charge in [0.2, 0.25) is 10.0 Å². The van der Waals surface area contributed by atoms with Crippen molar-refractivity contribution in [2.75, 3.05) is 12.8 Å². The zero-order chi connectivity index (χ0) is 15.6. The molecule has 0 amide bonds. The number of nitrogens with two attached hydrogens (primary N) is 1. The van der Waals surface area contributed by atoms with Gasteiger partial charge in [-0.25, -0.2) is 17.5 Å². The summed E-state index contributed by atoms with van der Waals surface area (Å²) in [6.45, 7) is -0.116. The molecule has 0 saturated carbocycles. The van der Waals surface area contributed by atoms with Gasteiger partial charge in [-0.2, -0.15) is 0 Å². The van der Waals surface area contributed by atoms with Gasteiger partial charge in [-0.3, -0.25) is 4.79 Å². The van der Waals surface area contributed by atoms with E-state index in [1.165, 1.54) is 12.5 Å². The number of hydrogen-bond donors (Lipinski definition) is 3. The Kier molecular flexibility index (Phi) is 4.30. The van der Waals surface area contributed by atoms with Gasteiger partial charge >= 0.3 is 4.87 Å². The van der Waals surface area contributed by atoms with Crippen molar-refractivity contribution in [2.45, 2.75) is 11.4 Å². The normalized spacial score (nSPS) is 11.5. The van der Waals surface area contributed by atoms with Crippen LogP contribution in [-0.2, 0) is 16.6 Å². The molecule has 0 aliphatic rings. The molecule has 1 heterocycles. The minimum Gasteiger partial charge on any atom is -0.492 e. The molecule has 1 aromatic carbocycles. The molecule has 10 heteroatoms. The predicted molar refractivity (Wildman–Crippen MR) is 76.3 cm³/mol. The Balaban J connectivity index is 2.25. The van der Waals surface area contributed by atoms with Gasteiger partial charge in [-0.1, -0.05) is 11.3 Å². The number of rotatable bonds is 5. The first-order chi connectivity index (χ1) is 9.83. The third kappa shape index (κ3) is 3.40. The number of anilines is 1. The molecule has 0 aliphatic heterocycles. The number of thiazole rings is 1. The highest BCUT2D eigenvalue weighted by Gasteiger charge is 2.19. The number of aromatic amines is 1. The van der Waals surface area contributed by atoms with Gasteiger partial charge in [0.05, 0.1) is 24.2 Å². The van der Waals surface area contributed by atoms with E-state index in [1.807, 2.05) is 0 Å². The van der Waals surface area contributed by atoms with E-state index in [0.29, 0.717) is 5.69 Å². The van der Waals surface area contributed by atoms with Crippen LogP contribution in [0.5, 0.6) is 5.75 Å². The van der Waals surface area contributed by atoms with E-state index in [9.17, 15) is 17.6 Å². The molecule has 0 radical (unpaired) electrons. The van der Waals surface area contributed by atoms with Crippen LogP contribution in [-0.4, -0.2) is 20.5 Å². The van der Waals surface area contributed by atoms with Crippen molar-refractivity contribution < 1.29 is 17.5 Å². The molecule has 1 aromatic heterocycles. The van der Waals surface area contributed by atoms with Crippen molar-refractivity contribution in [2.24, 2.45) is 0 Å². The number of nitrogens with one attached hydrogen (secondary N) is 2. The molecule has 0 atom stereocenters. The Morgan fingerprint density at radius 1 is 1.48 bits per heavy atom. The van der Waals surface area contributed by atoms with E-state index in [-0.39, 0.29) is 27.8 Å². The molecule has 2 aromatic rings. The van der Waals surface area contributed by atoms with Gasteiger partial charge < -0.3 is 15.5 Å². The van der Waals surface area contributed by atoms with Gasteiger partial charge in [0.1, 0.15) is 0 Å². The van der Waals surface area contributed by atoms with Crippen molar-refractivity contribution >= 4 is 27.0 Å². The van der Waals surface area contributed by atoms with Crippen LogP contribution in [0.15, 0.2) is 27.2 Å². The summed E-state index contributed by atoms with van der Waals surface area (Å²) in [5.41, 5.74) is 5.83. The highest BCUT2D eigenvalue weighted by atomic mass is 32.2. The summed E-state index contributed by atoms with van der Waals surface area (Å²) in [5, 5.41) is 1.49. The smallest absolute Gasteiger partial charge is 0.304 e. The largest absolute Gasteiger partial charge is 0.492 e. The number of H-pyrrole nitrogens is 1. The average Bonchev–Trinajstić information content (AvgIpc) is 2.82. The Labute approximate surface area is 123 Å². The fourth-order valence-electron chi connectivity index (χ4n) is 1.62. The number of nitrogen functional groups attached to an aromatic ring is 1. The maximum Gasteiger partial charge on any atom is 0.304 e. The second-order valence-corrected chi connectivity index (χ2v) is 6.63. The topological polar surface area (TPSA) is 114 Å². The number of methoxy groups -OCH3 is 1. The van der Waals surface area contributed by atoms with Gasteiger partial charge in [0.15, 0.2) is 11.6 Å². The molecule has 0 aliphatic carbocycles. The molecule has 0 fully saturated rings. The lowest BCUT2D eigenvalue weighted by atomic mass is 10.3. The summed E-state index contributed by atoms with van der Waals surface area (Å²) < 4.78 is 44.7. The summed E-state index contributed by atoms with van der Waals surface area (Å²) in [7, 11) is -2.73. The summed E-state index contributed by atoms with van der Waals surface area (Å²) >= 11 is 0.918. The second-order valence-electron chi connectivity index (χ2n) is 4.03. The maximum atomic E-state index is 13.7. The number of halogens is 1. The monoisotopic (exact) mass is 333 g/mol.